The van der Waals surface area contributed by atoms with Crippen LogP contribution in [0.3, 0.4) is 0 Å². The zero-order chi connectivity index (χ0) is 17.6. The number of hydrogen-bond acceptors (Lipinski definition) is 4. The fraction of sp³-hybridized carbons (Fsp3) is 0.0500. The van der Waals surface area contributed by atoms with Crippen LogP contribution in [0.2, 0.25) is 0 Å². The van der Waals surface area contributed by atoms with Crippen LogP contribution < -0.4 is 0 Å². The normalized spacial score (nSPS) is 13.2. The van der Waals surface area contributed by atoms with Gasteiger partial charge in [-0.1, -0.05) is 47.0 Å². The Morgan fingerprint density at radius 2 is 1.44 bits per heavy atom. The molecule has 0 bridgehead atoms. The lowest BCUT2D eigenvalue weighted by atomic mass is 10.1. The van der Waals surface area contributed by atoms with Crippen LogP contribution in [-0.2, 0) is 4.84 Å². The van der Waals surface area contributed by atoms with Crippen molar-refractivity contribution in [2.45, 2.75) is 6.92 Å². The topological polar surface area (TPSA) is 63.7 Å². The molecule has 1 heterocycles. The van der Waals surface area contributed by atoms with E-state index in [0.717, 1.165) is 16.3 Å². The Balaban J connectivity index is 1.62. The van der Waals surface area contributed by atoms with Crippen molar-refractivity contribution in [1.29, 1.82) is 0 Å². The monoisotopic (exact) mass is 331 g/mol. The van der Waals surface area contributed by atoms with Crippen LogP contribution in [0.25, 0.3) is 10.8 Å². The number of rotatable bonds is 2. The number of carbonyl (C=O) groups excluding carboxylic acids is 3. The molecule has 3 aromatic carbocycles. The lowest BCUT2D eigenvalue weighted by molar-refractivity contribution is -0.0584. The molecular formula is C20H13NO4. The summed E-state index contributed by atoms with van der Waals surface area (Å²) in [5.74, 6) is -2.02. The average Bonchev–Trinajstić information content (AvgIpc) is 2.86. The second-order valence-electron chi connectivity index (χ2n) is 5.89. The van der Waals surface area contributed by atoms with Crippen molar-refractivity contribution < 1.29 is 19.2 Å². The Morgan fingerprint density at radius 3 is 2.12 bits per heavy atom. The average molecular weight is 331 g/mol. The molecule has 4 rings (SSSR count). The maximum Gasteiger partial charge on any atom is 0.363 e. The zero-order valence-corrected chi connectivity index (χ0v) is 13.4. The molecule has 0 radical (unpaired) electrons. The number of carbonyl (C=O) groups is 3. The molecule has 2 amide bonds. The molecule has 5 nitrogen and oxygen atoms in total. The van der Waals surface area contributed by atoms with E-state index in [4.69, 9.17) is 4.84 Å². The molecule has 0 unspecified atom stereocenters. The summed E-state index contributed by atoms with van der Waals surface area (Å²) < 4.78 is 0. The number of nitrogens with zero attached hydrogens (tertiary/aromatic N) is 1. The number of hydrogen-bond donors (Lipinski definition) is 0. The fourth-order valence-electron chi connectivity index (χ4n) is 2.88. The Labute approximate surface area is 143 Å². The quantitative estimate of drug-likeness (QED) is 0.674. The van der Waals surface area contributed by atoms with Gasteiger partial charge < -0.3 is 4.84 Å². The summed E-state index contributed by atoms with van der Waals surface area (Å²) in [5.41, 5.74) is 1.85. The van der Waals surface area contributed by atoms with Gasteiger partial charge in [0.2, 0.25) is 0 Å². The van der Waals surface area contributed by atoms with Gasteiger partial charge in [0.15, 0.2) is 0 Å². The first-order valence-electron chi connectivity index (χ1n) is 7.75. The third-order valence-electron chi connectivity index (χ3n) is 4.16. The molecule has 0 fully saturated rings. The van der Waals surface area contributed by atoms with Crippen molar-refractivity contribution in [3.63, 3.8) is 0 Å². The Kier molecular flexibility index (Phi) is 3.35. The number of amides is 2. The number of imide groups is 1. The summed E-state index contributed by atoms with van der Waals surface area (Å²) in [6.07, 6.45) is 0. The van der Waals surface area contributed by atoms with Gasteiger partial charge in [-0.2, -0.15) is 0 Å². The first-order valence-corrected chi connectivity index (χ1v) is 7.75. The molecular weight excluding hydrogens is 318 g/mol. The van der Waals surface area contributed by atoms with Crippen molar-refractivity contribution in [1.82, 2.24) is 5.06 Å². The molecule has 0 atom stereocenters. The molecule has 0 aliphatic carbocycles. The van der Waals surface area contributed by atoms with Crippen molar-refractivity contribution in [3.05, 3.63) is 82.9 Å². The number of hydroxylamine groups is 2. The molecule has 1 aliphatic heterocycles. The van der Waals surface area contributed by atoms with E-state index >= 15 is 0 Å². The van der Waals surface area contributed by atoms with E-state index in [1.807, 2.05) is 25.1 Å². The van der Waals surface area contributed by atoms with E-state index in [1.54, 1.807) is 30.3 Å². The van der Waals surface area contributed by atoms with E-state index < -0.39 is 17.8 Å². The van der Waals surface area contributed by atoms with E-state index in [1.165, 1.54) is 12.1 Å². The highest BCUT2D eigenvalue weighted by Gasteiger charge is 2.38. The minimum Gasteiger partial charge on any atom is -0.324 e. The molecule has 0 spiro atoms. The van der Waals surface area contributed by atoms with Crippen LogP contribution in [0.5, 0.6) is 0 Å². The van der Waals surface area contributed by atoms with Gasteiger partial charge >= 0.3 is 5.97 Å². The largest absolute Gasteiger partial charge is 0.363 e. The molecule has 1 aliphatic rings. The van der Waals surface area contributed by atoms with Gasteiger partial charge in [-0.05, 0) is 42.0 Å². The molecule has 122 valence electrons. The molecule has 3 aromatic rings. The van der Waals surface area contributed by atoms with Gasteiger partial charge in [0.25, 0.3) is 11.8 Å². The standard InChI is InChI=1S/C20H13NO4/c1-12-6-7-14-11-15(9-8-13(14)10-12)20(24)25-21-18(22)16-4-2-3-5-17(16)19(21)23/h2-11H,1H3. The third kappa shape index (κ3) is 2.46. The van der Waals surface area contributed by atoms with E-state index in [0.29, 0.717) is 5.06 Å². The summed E-state index contributed by atoms with van der Waals surface area (Å²) >= 11 is 0. The number of fused-ring (bicyclic) bond motifs is 2. The Bertz CT molecular complexity index is 1020. The van der Waals surface area contributed by atoms with Crippen LogP contribution in [0.4, 0.5) is 0 Å². The lowest BCUT2D eigenvalue weighted by Crippen LogP contribution is -2.32. The van der Waals surface area contributed by atoms with E-state index in [9.17, 15) is 14.4 Å². The summed E-state index contributed by atoms with van der Waals surface area (Å²) in [6, 6.07) is 17.3. The first kappa shape index (κ1) is 15.1. The number of aryl methyl sites for hydroxylation is 1. The summed E-state index contributed by atoms with van der Waals surface area (Å²) in [6.45, 7) is 1.99. The predicted octanol–water partition coefficient (Wildman–Crippen LogP) is 3.52. The maximum absolute atomic E-state index is 12.4. The van der Waals surface area contributed by atoms with Crippen molar-refractivity contribution in [2.24, 2.45) is 0 Å². The highest BCUT2D eigenvalue weighted by atomic mass is 16.7. The van der Waals surface area contributed by atoms with E-state index in [2.05, 4.69) is 0 Å². The Morgan fingerprint density at radius 1 is 0.840 bits per heavy atom. The van der Waals surface area contributed by atoms with Gasteiger partial charge in [0.1, 0.15) is 0 Å². The van der Waals surface area contributed by atoms with Crippen LogP contribution in [-0.4, -0.2) is 22.8 Å². The molecule has 0 saturated carbocycles. The second kappa shape index (κ2) is 5.56. The molecule has 5 heteroatoms. The SMILES string of the molecule is Cc1ccc2cc(C(=O)ON3C(=O)c4ccccc4C3=O)ccc2c1. The summed E-state index contributed by atoms with van der Waals surface area (Å²) in [5, 5.41) is 2.39. The highest BCUT2D eigenvalue weighted by molar-refractivity contribution is 6.21. The van der Waals surface area contributed by atoms with Crippen LogP contribution in [0.15, 0.2) is 60.7 Å². The Hall–Kier alpha value is -3.47. The van der Waals surface area contributed by atoms with Gasteiger partial charge in [-0.25, -0.2) is 4.79 Å². The van der Waals surface area contributed by atoms with Crippen molar-refractivity contribution in [3.8, 4) is 0 Å². The smallest absolute Gasteiger partial charge is 0.324 e. The van der Waals surface area contributed by atoms with Crippen LogP contribution >= 0.6 is 0 Å². The predicted molar refractivity (Wildman–Crippen MR) is 91.0 cm³/mol. The van der Waals surface area contributed by atoms with Crippen molar-refractivity contribution >= 4 is 28.6 Å². The van der Waals surface area contributed by atoms with Gasteiger partial charge in [0.05, 0.1) is 16.7 Å². The van der Waals surface area contributed by atoms with Gasteiger partial charge in [0, 0.05) is 0 Å². The first-order chi connectivity index (χ1) is 12.0. The minimum atomic E-state index is -0.753. The molecule has 0 N–H and O–H groups in total. The van der Waals surface area contributed by atoms with E-state index in [-0.39, 0.29) is 16.7 Å². The molecule has 25 heavy (non-hydrogen) atoms. The van der Waals surface area contributed by atoms with Crippen LogP contribution in [0, 0.1) is 6.92 Å². The fourth-order valence-corrected chi connectivity index (χ4v) is 2.88. The second-order valence-corrected chi connectivity index (χ2v) is 5.89. The highest BCUT2D eigenvalue weighted by Crippen LogP contribution is 2.24. The molecule has 0 saturated heterocycles. The number of benzene rings is 3. The van der Waals surface area contributed by atoms with Crippen LogP contribution in [0.1, 0.15) is 36.6 Å². The molecule has 0 aromatic heterocycles. The minimum absolute atomic E-state index is 0.231. The van der Waals surface area contributed by atoms with Gasteiger partial charge in [-0.3, -0.25) is 9.59 Å². The summed E-state index contributed by atoms with van der Waals surface area (Å²) in [7, 11) is 0. The third-order valence-corrected chi connectivity index (χ3v) is 4.16. The lowest BCUT2D eigenvalue weighted by Gasteiger charge is -2.13. The zero-order valence-electron chi connectivity index (χ0n) is 13.4. The maximum atomic E-state index is 12.4. The van der Waals surface area contributed by atoms with Gasteiger partial charge in [-0.15, -0.1) is 0 Å². The van der Waals surface area contributed by atoms with Crippen molar-refractivity contribution in [2.75, 3.05) is 0 Å². The summed E-state index contributed by atoms with van der Waals surface area (Å²) in [4.78, 5) is 42.0.